The molecule has 1 rings (SSSR count). The fraction of sp³-hybridized carbons (Fsp3) is 0.750. The Hall–Kier alpha value is -1.25. The minimum Gasteiger partial charge on any atom is -0.465 e. The fourth-order valence-electron chi connectivity index (χ4n) is 2.73. The molecule has 3 nitrogen and oxygen atoms in total. The van der Waals surface area contributed by atoms with E-state index in [0.29, 0.717) is 12.6 Å². The molecule has 0 unspecified atom stereocenters. The van der Waals surface area contributed by atoms with Crippen molar-refractivity contribution in [2.75, 3.05) is 6.61 Å². The van der Waals surface area contributed by atoms with Crippen LogP contribution < -0.4 is 10.2 Å². The van der Waals surface area contributed by atoms with Crippen LogP contribution in [-0.4, -0.2) is 6.61 Å². The monoisotopic (exact) mass is 322 g/mol. The number of hydrogen-bond donors (Lipinski definition) is 0. The predicted molar refractivity (Wildman–Crippen MR) is 96.2 cm³/mol. The molecule has 1 heterocycles. The average molecular weight is 322 g/mol. The molecule has 0 saturated carbocycles. The van der Waals surface area contributed by atoms with Crippen LogP contribution in [0.25, 0.3) is 0 Å². The number of unbranched alkanes of at least 4 members (excludes halogenated alkanes) is 12. The van der Waals surface area contributed by atoms with Crippen molar-refractivity contribution in [3.8, 4) is 5.95 Å². The van der Waals surface area contributed by atoms with Crippen molar-refractivity contribution in [1.82, 2.24) is 0 Å². The van der Waals surface area contributed by atoms with E-state index in [1.165, 1.54) is 95.4 Å². The molecule has 0 aliphatic carbocycles. The first kappa shape index (κ1) is 19.8. The maximum absolute atomic E-state index is 11.1. The van der Waals surface area contributed by atoms with Crippen molar-refractivity contribution < 1.29 is 9.15 Å². The van der Waals surface area contributed by atoms with E-state index in [9.17, 15) is 4.79 Å². The summed E-state index contributed by atoms with van der Waals surface area (Å²) in [5.41, 5.74) is -0.0726. The molecular weight excluding hydrogens is 288 g/mol. The van der Waals surface area contributed by atoms with E-state index in [2.05, 4.69) is 6.92 Å². The molecule has 0 aliphatic rings. The normalized spacial score (nSPS) is 10.8. The van der Waals surface area contributed by atoms with Crippen molar-refractivity contribution in [2.24, 2.45) is 0 Å². The van der Waals surface area contributed by atoms with Gasteiger partial charge in [0, 0.05) is 6.07 Å². The van der Waals surface area contributed by atoms with Crippen LogP contribution in [0.15, 0.2) is 27.6 Å². The molecule has 0 aliphatic heterocycles. The van der Waals surface area contributed by atoms with Crippen LogP contribution in [0.4, 0.5) is 0 Å². The Morgan fingerprint density at radius 1 is 0.826 bits per heavy atom. The lowest BCUT2D eigenvalue weighted by Crippen LogP contribution is -2.01. The molecular formula is C20H34O3. The van der Waals surface area contributed by atoms with Crippen molar-refractivity contribution in [2.45, 2.75) is 90.4 Å². The Balaban J connectivity index is 1.79. The van der Waals surface area contributed by atoms with Gasteiger partial charge in [0.1, 0.15) is 0 Å². The van der Waals surface area contributed by atoms with Gasteiger partial charge >= 0.3 is 0 Å². The summed E-state index contributed by atoms with van der Waals surface area (Å²) in [4.78, 5) is 11.1. The highest BCUT2D eigenvalue weighted by Crippen LogP contribution is 2.13. The molecule has 3 heteroatoms. The summed E-state index contributed by atoms with van der Waals surface area (Å²) in [6.45, 7) is 2.90. The Bertz CT molecular complexity index is 425. The van der Waals surface area contributed by atoms with Crippen molar-refractivity contribution in [3.05, 3.63) is 28.6 Å². The molecule has 0 bridgehead atoms. The maximum atomic E-state index is 11.1. The number of hydrogen-bond acceptors (Lipinski definition) is 3. The molecule has 0 saturated heterocycles. The number of rotatable bonds is 15. The van der Waals surface area contributed by atoms with E-state index in [1.54, 1.807) is 0 Å². The zero-order valence-corrected chi connectivity index (χ0v) is 14.9. The van der Waals surface area contributed by atoms with Gasteiger partial charge in [0.25, 0.3) is 5.95 Å². The van der Waals surface area contributed by atoms with Crippen molar-refractivity contribution in [1.29, 1.82) is 0 Å². The lowest BCUT2D eigenvalue weighted by Gasteiger charge is -2.04. The third-order valence-electron chi connectivity index (χ3n) is 4.17. The molecule has 1 aromatic rings. The molecule has 0 amide bonds. The van der Waals surface area contributed by atoms with Gasteiger partial charge in [0.15, 0.2) is 5.43 Å². The molecule has 0 atom stereocenters. The Morgan fingerprint density at radius 3 is 1.87 bits per heavy atom. The van der Waals surface area contributed by atoms with Crippen molar-refractivity contribution in [3.63, 3.8) is 0 Å². The van der Waals surface area contributed by atoms with Gasteiger partial charge in [-0.2, -0.15) is 0 Å². The lowest BCUT2D eigenvalue weighted by atomic mass is 10.0. The van der Waals surface area contributed by atoms with E-state index in [0.717, 1.165) is 6.42 Å². The van der Waals surface area contributed by atoms with Crippen LogP contribution in [0, 0.1) is 0 Å². The van der Waals surface area contributed by atoms with Gasteiger partial charge in [-0.15, -0.1) is 0 Å². The minimum absolute atomic E-state index is 0.0726. The Labute approximate surface area is 141 Å². The molecule has 132 valence electrons. The van der Waals surface area contributed by atoms with E-state index < -0.39 is 0 Å². The molecule has 0 fully saturated rings. The minimum atomic E-state index is -0.0726. The quantitative estimate of drug-likeness (QED) is 0.366. The largest absolute Gasteiger partial charge is 0.465 e. The first-order valence-corrected chi connectivity index (χ1v) is 9.54. The molecule has 1 aromatic heterocycles. The van der Waals surface area contributed by atoms with Gasteiger partial charge in [-0.3, -0.25) is 4.79 Å². The molecule has 0 N–H and O–H groups in total. The van der Waals surface area contributed by atoms with Crippen LogP contribution in [0.2, 0.25) is 0 Å². The Kier molecular flexibility index (Phi) is 12.4. The van der Waals surface area contributed by atoms with Crippen LogP contribution >= 0.6 is 0 Å². The average Bonchev–Trinajstić information content (AvgIpc) is 2.55. The highest BCUT2D eigenvalue weighted by Gasteiger charge is 1.97. The summed E-state index contributed by atoms with van der Waals surface area (Å²) < 4.78 is 10.5. The third-order valence-corrected chi connectivity index (χ3v) is 4.17. The van der Waals surface area contributed by atoms with Gasteiger partial charge in [0.05, 0.1) is 18.9 Å². The van der Waals surface area contributed by atoms with E-state index in [-0.39, 0.29) is 5.43 Å². The zero-order valence-electron chi connectivity index (χ0n) is 14.9. The first-order valence-electron chi connectivity index (χ1n) is 9.54. The van der Waals surface area contributed by atoms with E-state index in [4.69, 9.17) is 9.15 Å². The molecule has 0 aromatic carbocycles. The summed E-state index contributed by atoms with van der Waals surface area (Å²) in [6.07, 6.45) is 18.8. The topological polar surface area (TPSA) is 39.4 Å². The van der Waals surface area contributed by atoms with E-state index >= 15 is 0 Å². The SMILES string of the molecule is CCCCCCCCCCCCCCCOc1cc(=O)cco1. The zero-order chi connectivity index (χ0) is 16.6. The second kappa shape index (κ2) is 14.3. The van der Waals surface area contributed by atoms with Crippen molar-refractivity contribution >= 4 is 0 Å². The van der Waals surface area contributed by atoms with Gasteiger partial charge in [-0.1, -0.05) is 84.0 Å². The van der Waals surface area contributed by atoms with Gasteiger partial charge in [-0.25, -0.2) is 0 Å². The number of ether oxygens (including phenoxy) is 1. The molecule has 0 spiro atoms. The maximum Gasteiger partial charge on any atom is 0.288 e. The van der Waals surface area contributed by atoms with Crippen LogP contribution in [0.3, 0.4) is 0 Å². The van der Waals surface area contributed by atoms with E-state index in [1.807, 2.05) is 0 Å². The highest BCUT2D eigenvalue weighted by atomic mass is 16.6. The highest BCUT2D eigenvalue weighted by molar-refractivity contribution is 5.04. The summed E-state index contributed by atoms with van der Waals surface area (Å²) in [5, 5.41) is 0. The summed E-state index contributed by atoms with van der Waals surface area (Å²) in [6, 6.07) is 2.78. The molecule has 23 heavy (non-hydrogen) atoms. The summed E-state index contributed by atoms with van der Waals surface area (Å²) in [5.74, 6) is 0.330. The second-order valence-corrected chi connectivity index (χ2v) is 6.38. The first-order chi connectivity index (χ1) is 11.3. The fourth-order valence-corrected chi connectivity index (χ4v) is 2.73. The molecule has 0 radical (unpaired) electrons. The van der Waals surface area contributed by atoms with Gasteiger partial charge in [-0.05, 0) is 6.42 Å². The summed E-state index contributed by atoms with van der Waals surface area (Å²) in [7, 11) is 0. The smallest absolute Gasteiger partial charge is 0.288 e. The van der Waals surface area contributed by atoms with Gasteiger partial charge in [0.2, 0.25) is 0 Å². The summed E-state index contributed by atoms with van der Waals surface area (Å²) >= 11 is 0. The third kappa shape index (κ3) is 11.9. The van der Waals surface area contributed by atoms with Crippen LogP contribution in [-0.2, 0) is 0 Å². The Morgan fingerprint density at radius 2 is 1.35 bits per heavy atom. The van der Waals surface area contributed by atoms with Crippen LogP contribution in [0.5, 0.6) is 5.95 Å². The predicted octanol–water partition coefficient (Wildman–Crippen LogP) is 6.11. The second-order valence-electron chi connectivity index (χ2n) is 6.38. The van der Waals surface area contributed by atoms with Crippen LogP contribution in [0.1, 0.15) is 90.4 Å². The van der Waals surface area contributed by atoms with Gasteiger partial charge < -0.3 is 9.15 Å². The lowest BCUT2D eigenvalue weighted by molar-refractivity contribution is 0.230. The standard InChI is InChI=1S/C20H34O3/c1-2-3-4-5-6-7-8-9-10-11-12-13-14-16-22-20-18-19(21)15-17-23-20/h15,17-18H,2-14,16H2,1H3.